The molecule has 2 aromatic rings. The number of aromatic hydroxyl groups is 1. The molecule has 0 aliphatic heterocycles. The summed E-state index contributed by atoms with van der Waals surface area (Å²) in [6.45, 7) is 0. The van der Waals surface area contributed by atoms with Crippen LogP contribution in [0.2, 0.25) is 0 Å². The second-order valence-electron chi connectivity index (χ2n) is 4.23. The maximum Gasteiger partial charge on any atom is 0.161 e. The monoisotopic (exact) mass is 347 g/mol. The lowest BCUT2D eigenvalue weighted by atomic mass is 10.0. The van der Waals surface area contributed by atoms with Gasteiger partial charge < -0.3 is 9.84 Å². The second-order valence-corrected chi connectivity index (χ2v) is 5.08. The minimum Gasteiger partial charge on any atom is -0.504 e. The molecule has 106 valence electrons. The maximum atomic E-state index is 13.3. The lowest BCUT2D eigenvalue weighted by molar-refractivity contribution is 0.373. The van der Waals surface area contributed by atoms with Crippen LogP contribution in [0, 0.1) is 17.1 Å². The molecular weight excluding hydrogens is 337 g/mol. The van der Waals surface area contributed by atoms with Gasteiger partial charge in [0.2, 0.25) is 0 Å². The van der Waals surface area contributed by atoms with Gasteiger partial charge in [0.05, 0.1) is 18.8 Å². The van der Waals surface area contributed by atoms with Gasteiger partial charge in [0.15, 0.2) is 11.5 Å². The highest BCUT2D eigenvalue weighted by atomic mass is 79.9. The third-order valence-corrected chi connectivity index (χ3v) is 3.54. The molecule has 1 N–H and O–H groups in total. The maximum absolute atomic E-state index is 13.3. The van der Waals surface area contributed by atoms with Crippen molar-refractivity contribution < 1.29 is 14.2 Å². The number of hydrogen-bond acceptors (Lipinski definition) is 3. The summed E-state index contributed by atoms with van der Waals surface area (Å²) in [4.78, 5) is 0. The van der Waals surface area contributed by atoms with E-state index in [0.717, 1.165) is 0 Å². The molecule has 0 radical (unpaired) electrons. The van der Waals surface area contributed by atoms with Crippen LogP contribution in [0.25, 0.3) is 11.6 Å². The van der Waals surface area contributed by atoms with Gasteiger partial charge in [0, 0.05) is 4.47 Å². The number of ether oxygens (including phenoxy) is 1. The molecule has 3 nitrogen and oxygen atoms in total. The number of phenols is 1. The van der Waals surface area contributed by atoms with Crippen LogP contribution in [-0.2, 0) is 0 Å². The van der Waals surface area contributed by atoms with Crippen molar-refractivity contribution in [3.63, 3.8) is 0 Å². The minimum absolute atomic E-state index is 0.00853. The first-order chi connectivity index (χ1) is 10.0. The van der Waals surface area contributed by atoms with Crippen LogP contribution in [0.15, 0.2) is 40.9 Å². The number of halogens is 2. The number of nitriles is 1. The zero-order chi connectivity index (χ0) is 15.4. The molecule has 2 rings (SSSR count). The largest absolute Gasteiger partial charge is 0.504 e. The summed E-state index contributed by atoms with van der Waals surface area (Å²) in [7, 11) is 1.44. The highest BCUT2D eigenvalue weighted by molar-refractivity contribution is 9.10. The van der Waals surface area contributed by atoms with E-state index >= 15 is 0 Å². The van der Waals surface area contributed by atoms with Crippen molar-refractivity contribution in [3.8, 4) is 17.6 Å². The number of phenolic OH excluding ortho intramolecular Hbond substituents is 1. The quantitative estimate of drug-likeness (QED) is 0.662. The molecule has 0 heterocycles. The van der Waals surface area contributed by atoms with Crippen molar-refractivity contribution in [3.05, 3.63) is 57.8 Å². The number of nitrogens with zero attached hydrogens (tertiary/aromatic N) is 1. The first-order valence-electron chi connectivity index (χ1n) is 5.99. The van der Waals surface area contributed by atoms with E-state index in [9.17, 15) is 14.8 Å². The summed E-state index contributed by atoms with van der Waals surface area (Å²) in [5.74, 6) is -0.122. The van der Waals surface area contributed by atoms with E-state index in [-0.39, 0.29) is 5.75 Å². The first-order valence-corrected chi connectivity index (χ1v) is 6.78. The van der Waals surface area contributed by atoms with Gasteiger partial charge >= 0.3 is 0 Å². The molecule has 0 aliphatic carbocycles. The van der Waals surface area contributed by atoms with Crippen LogP contribution in [0.5, 0.6) is 11.5 Å². The molecule has 5 heteroatoms. The molecule has 0 fully saturated rings. The number of rotatable bonds is 3. The summed E-state index contributed by atoms with van der Waals surface area (Å²) < 4.78 is 18.9. The Morgan fingerprint density at radius 1 is 1.38 bits per heavy atom. The minimum atomic E-state index is -0.406. The fourth-order valence-electron chi connectivity index (χ4n) is 1.82. The highest BCUT2D eigenvalue weighted by Gasteiger charge is 2.09. The number of hydrogen-bond donors (Lipinski definition) is 1. The van der Waals surface area contributed by atoms with Crippen molar-refractivity contribution in [1.82, 2.24) is 0 Å². The molecule has 0 spiro atoms. The number of methoxy groups -OCH3 is 1. The Kier molecular flexibility index (Phi) is 4.61. The van der Waals surface area contributed by atoms with Gasteiger partial charge in [0.1, 0.15) is 5.82 Å². The third kappa shape index (κ3) is 3.41. The average Bonchev–Trinajstić information content (AvgIpc) is 2.46. The van der Waals surface area contributed by atoms with Crippen molar-refractivity contribution in [2.45, 2.75) is 0 Å². The van der Waals surface area contributed by atoms with Gasteiger partial charge in [-0.15, -0.1) is 0 Å². The van der Waals surface area contributed by atoms with Gasteiger partial charge in [-0.05, 0) is 41.5 Å². The summed E-state index contributed by atoms with van der Waals surface area (Å²) in [5, 5.41) is 18.9. The third-order valence-electron chi connectivity index (χ3n) is 2.85. The number of benzene rings is 2. The van der Waals surface area contributed by atoms with E-state index in [0.29, 0.717) is 26.9 Å². The second kappa shape index (κ2) is 6.42. The Bertz CT molecular complexity index is 750. The topological polar surface area (TPSA) is 53.2 Å². The predicted molar refractivity (Wildman–Crippen MR) is 82.2 cm³/mol. The van der Waals surface area contributed by atoms with Crippen LogP contribution < -0.4 is 4.74 Å². The van der Waals surface area contributed by atoms with E-state index in [1.807, 2.05) is 6.07 Å². The standard InChI is InChI=1S/C16H11BrFNO2/c1-21-16-7-11(14(17)8-15(16)20)5-12(9-19)10-3-2-4-13(18)6-10/h2-8,20H,1H3/b12-5-. The van der Waals surface area contributed by atoms with Crippen molar-refractivity contribution in [2.24, 2.45) is 0 Å². The number of allylic oxidation sites excluding steroid dienone is 1. The van der Waals surface area contributed by atoms with Crippen molar-refractivity contribution in [2.75, 3.05) is 7.11 Å². The molecule has 0 aliphatic rings. The average molecular weight is 348 g/mol. The molecule has 0 atom stereocenters. The van der Waals surface area contributed by atoms with Gasteiger partial charge in [-0.25, -0.2) is 4.39 Å². The molecule has 2 aromatic carbocycles. The van der Waals surface area contributed by atoms with Crippen LogP contribution in [0.4, 0.5) is 4.39 Å². The molecule has 0 unspecified atom stereocenters. The zero-order valence-electron chi connectivity index (χ0n) is 11.1. The van der Waals surface area contributed by atoms with Gasteiger partial charge in [-0.1, -0.05) is 28.1 Å². The van der Waals surface area contributed by atoms with E-state index in [4.69, 9.17) is 4.74 Å². The van der Waals surface area contributed by atoms with Crippen LogP contribution in [-0.4, -0.2) is 12.2 Å². The van der Waals surface area contributed by atoms with Gasteiger partial charge in [-0.2, -0.15) is 5.26 Å². The molecular formula is C16H11BrFNO2. The predicted octanol–water partition coefficient (Wildman–Crippen LogP) is 4.37. The van der Waals surface area contributed by atoms with Gasteiger partial charge in [-0.3, -0.25) is 0 Å². The summed E-state index contributed by atoms with van der Waals surface area (Å²) in [6.07, 6.45) is 1.60. The fraction of sp³-hybridized carbons (Fsp3) is 0.0625. The first kappa shape index (κ1) is 15.1. The van der Waals surface area contributed by atoms with E-state index < -0.39 is 5.82 Å². The Morgan fingerprint density at radius 2 is 2.14 bits per heavy atom. The summed E-state index contributed by atoms with van der Waals surface area (Å²) in [6, 6.07) is 10.9. The van der Waals surface area contributed by atoms with Crippen molar-refractivity contribution >= 4 is 27.6 Å². The SMILES string of the molecule is COc1cc(/C=C(/C#N)c2cccc(F)c2)c(Br)cc1O. The highest BCUT2D eigenvalue weighted by Crippen LogP contribution is 2.34. The zero-order valence-corrected chi connectivity index (χ0v) is 12.7. The fourth-order valence-corrected chi connectivity index (χ4v) is 2.27. The molecule has 0 saturated carbocycles. The van der Waals surface area contributed by atoms with E-state index in [1.165, 1.54) is 25.3 Å². The molecule has 0 bridgehead atoms. The molecule has 0 amide bonds. The normalized spacial score (nSPS) is 11.0. The van der Waals surface area contributed by atoms with Gasteiger partial charge in [0.25, 0.3) is 0 Å². The Balaban J connectivity index is 2.53. The van der Waals surface area contributed by atoms with Crippen LogP contribution in [0.3, 0.4) is 0 Å². The molecule has 0 saturated heterocycles. The van der Waals surface area contributed by atoms with E-state index in [2.05, 4.69) is 15.9 Å². The van der Waals surface area contributed by atoms with Crippen LogP contribution >= 0.6 is 15.9 Å². The summed E-state index contributed by atoms with van der Waals surface area (Å²) >= 11 is 3.31. The Morgan fingerprint density at radius 3 is 2.76 bits per heavy atom. The Labute approximate surface area is 130 Å². The van der Waals surface area contributed by atoms with E-state index in [1.54, 1.807) is 24.3 Å². The molecule has 21 heavy (non-hydrogen) atoms. The lowest BCUT2D eigenvalue weighted by Gasteiger charge is -2.07. The summed E-state index contributed by atoms with van der Waals surface area (Å²) in [5.41, 5.74) is 1.44. The smallest absolute Gasteiger partial charge is 0.161 e. The molecule has 0 aromatic heterocycles. The van der Waals surface area contributed by atoms with Crippen molar-refractivity contribution in [1.29, 1.82) is 5.26 Å². The lowest BCUT2D eigenvalue weighted by Crippen LogP contribution is -1.88. The Hall–Kier alpha value is -2.32. The van der Waals surface area contributed by atoms with Crippen LogP contribution in [0.1, 0.15) is 11.1 Å².